The molecule has 5 N–H and O–H groups in total. The van der Waals surface area contributed by atoms with Crippen LogP contribution in [0.3, 0.4) is 0 Å². The summed E-state index contributed by atoms with van der Waals surface area (Å²) in [6.45, 7) is 0. The number of hydrazine groups is 1. The molecule has 0 unspecified atom stereocenters. The van der Waals surface area contributed by atoms with E-state index in [4.69, 9.17) is 17.3 Å². The third kappa shape index (κ3) is 3.75. The number of nitrogens with zero attached hydrogens (tertiary/aromatic N) is 2. The van der Waals surface area contributed by atoms with Crippen molar-refractivity contribution in [3.05, 3.63) is 74.0 Å². The Morgan fingerprint density at radius 2 is 1.74 bits per heavy atom. The number of benzene rings is 2. The first-order valence-electron chi connectivity index (χ1n) is 7.54. The van der Waals surface area contributed by atoms with Crippen molar-refractivity contribution in [2.75, 3.05) is 10.9 Å². The van der Waals surface area contributed by atoms with Crippen LogP contribution in [-0.2, 0) is 0 Å². The third-order valence-corrected chi connectivity index (χ3v) is 3.91. The highest BCUT2D eigenvalue weighted by Crippen LogP contribution is 2.26. The Bertz CT molecular complexity index is 1060. The topological polar surface area (TPSA) is 148 Å². The van der Waals surface area contributed by atoms with Crippen molar-refractivity contribution in [1.82, 2.24) is 9.78 Å². The van der Waals surface area contributed by atoms with Gasteiger partial charge in [0.15, 0.2) is 0 Å². The number of aromatic amines is 1. The van der Waals surface area contributed by atoms with E-state index in [0.29, 0.717) is 21.0 Å². The molecule has 1 aromatic heterocycles. The van der Waals surface area contributed by atoms with Crippen LogP contribution in [0.1, 0.15) is 0 Å². The fourth-order valence-electron chi connectivity index (χ4n) is 2.33. The van der Waals surface area contributed by atoms with E-state index in [9.17, 15) is 19.7 Å². The van der Waals surface area contributed by atoms with E-state index >= 15 is 0 Å². The van der Waals surface area contributed by atoms with Crippen molar-refractivity contribution in [3.8, 4) is 11.3 Å². The normalized spacial score (nSPS) is 10.4. The molecule has 10 nitrogen and oxygen atoms in total. The lowest BCUT2D eigenvalue weighted by Gasteiger charge is -2.09. The quantitative estimate of drug-likeness (QED) is 0.390. The molecular weight excluding hydrogens is 376 g/mol. The van der Waals surface area contributed by atoms with Crippen LogP contribution in [-0.4, -0.2) is 20.7 Å². The summed E-state index contributed by atoms with van der Waals surface area (Å²) in [6.07, 6.45) is 0. The first kappa shape index (κ1) is 18.0. The average Bonchev–Trinajstić information content (AvgIpc) is 2.98. The van der Waals surface area contributed by atoms with Gasteiger partial charge in [0.1, 0.15) is 5.69 Å². The number of aromatic nitrogens is 2. The number of nitro groups is 1. The minimum absolute atomic E-state index is 0.0117. The molecule has 1 heterocycles. The number of H-pyrrole nitrogens is 1. The Kier molecular flexibility index (Phi) is 4.81. The number of carbonyl (C=O) groups excluding carboxylic acids is 1. The molecule has 0 fully saturated rings. The number of nitrogens with one attached hydrogen (secondary N) is 3. The third-order valence-electron chi connectivity index (χ3n) is 3.65. The predicted molar refractivity (Wildman–Crippen MR) is 101 cm³/mol. The summed E-state index contributed by atoms with van der Waals surface area (Å²) in [4.78, 5) is 34.2. The number of anilines is 2. The van der Waals surface area contributed by atoms with E-state index in [2.05, 4.69) is 16.0 Å². The number of hydrogen-bond donors (Lipinski definition) is 4. The Morgan fingerprint density at radius 1 is 1.11 bits per heavy atom. The predicted octanol–water partition coefficient (Wildman–Crippen LogP) is 2.77. The zero-order valence-electron chi connectivity index (χ0n) is 13.6. The van der Waals surface area contributed by atoms with Gasteiger partial charge in [-0.05, 0) is 36.4 Å². The highest BCUT2D eigenvalue weighted by Gasteiger charge is 2.19. The summed E-state index contributed by atoms with van der Waals surface area (Å²) in [6, 6.07) is 11.1. The lowest BCUT2D eigenvalue weighted by Crippen LogP contribution is -2.31. The van der Waals surface area contributed by atoms with Gasteiger partial charge in [-0.25, -0.2) is 4.79 Å². The molecule has 0 atom stereocenters. The summed E-state index contributed by atoms with van der Waals surface area (Å²) in [5.74, 6) is 0. The molecular formula is C16H13ClN6O4. The number of hydrogen-bond acceptors (Lipinski definition) is 6. The lowest BCUT2D eigenvalue weighted by molar-refractivity contribution is -0.384. The van der Waals surface area contributed by atoms with Crippen LogP contribution in [0.25, 0.3) is 11.3 Å². The second-order valence-electron chi connectivity index (χ2n) is 5.40. The lowest BCUT2D eigenvalue weighted by atomic mass is 10.1. The monoisotopic (exact) mass is 388 g/mol. The average molecular weight is 389 g/mol. The van der Waals surface area contributed by atoms with Gasteiger partial charge in [-0.2, -0.15) is 4.68 Å². The van der Waals surface area contributed by atoms with Crippen molar-refractivity contribution in [3.63, 3.8) is 0 Å². The molecule has 138 valence electrons. The zero-order valence-corrected chi connectivity index (χ0v) is 14.4. The molecule has 0 aliphatic carbocycles. The summed E-state index contributed by atoms with van der Waals surface area (Å²) in [5.41, 5.74) is 11.2. The molecule has 0 spiro atoms. The molecule has 1 amide bonds. The van der Waals surface area contributed by atoms with Gasteiger partial charge in [0.2, 0.25) is 0 Å². The smallest absolute Gasteiger partial charge is 0.341 e. The number of nitro benzene ring substituents is 1. The molecule has 0 saturated carbocycles. The maximum absolute atomic E-state index is 12.5. The summed E-state index contributed by atoms with van der Waals surface area (Å²) >= 11 is 5.83. The summed E-state index contributed by atoms with van der Waals surface area (Å²) < 4.78 is 0.628. The Morgan fingerprint density at radius 3 is 2.30 bits per heavy atom. The number of primary amides is 1. The van der Waals surface area contributed by atoms with Crippen LogP contribution < -0.4 is 22.1 Å². The first-order valence-corrected chi connectivity index (χ1v) is 7.92. The van der Waals surface area contributed by atoms with Crippen LogP contribution in [0.2, 0.25) is 5.02 Å². The van der Waals surface area contributed by atoms with E-state index in [0.717, 1.165) is 0 Å². The van der Waals surface area contributed by atoms with E-state index < -0.39 is 16.5 Å². The van der Waals surface area contributed by atoms with E-state index in [1.807, 2.05) is 0 Å². The molecule has 0 bridgehead atoms. The Labute approximate surface area is 156 Å². The van der Waals surface area contributed by atoms with Crippen molar-refractivity contribution < 1.29 is 9.72 Å². The maximum Gasteiger partial charge on any atom is 0.341 e. The van der Waals surface area contributed by atoms with Crippen LogP contribution in [0.5, 0.6) is 0 Å². The SMILES string of the molecule is NC(=O)n1[nH]c(-c2ccc([N+](=O)[O-])cc2)c(NNc2ccc(Cl)cc2)c1=O. The molecule has 3 rings (SSSR count). The van der Waals surface area contributed by atoms with E-state index in [1.54, 1.807) is 24.3 Å². The fraction of sp³-hybridized carbons (Fsp3) is 0. The molecule has 0 saturated heterocycles. The number of carbonyl (C=O) groups is 1. The molecule has 2 aromatic carbocycles. The van der Waals surface area contributed by atoms with E-state index in [-0.39, 0.29) is 17.1 Å². The van der Waals surface area contributed by atoms with Gasteiger partial charge in [-0.15, -0.1) is 0 Å². The largest absolute Gasteiger partial charge is 0.350 e. The van der Waals surface area contributed by atoms with Crippen molar-refractivity contribution in [2.24, 2.45) is 5.73 Å². The highest BCUT2D eigenvalue weighted by atomic mass is 35.5. The number of non-ortho nitro benzene ring substituents is 1. The zero-order chi connectivity index (χ0) is 19.6. The molecule has 0 aliphatic heterocycles. The molecule has 11 heteroatoms. The molecule has 0 radical (unpaired) electrons. The van der Waals surface area contributed by atoms with Crippen molar-refractivity contribution in [1.29, 1.82) is 0 Å². The Hall–Kier alpha value is -3.79. The van der Waals surface area contributed by atoms with E-state index in [1.165, 1.54) is 24.3 Å². The van der Waals surface area contributed by atoms with Gasteiger partial charge in [0, 0.05) is 22.7 Å². The number of amides is 1. The van der Waals surface area contributed by atoms with Gasteiger partial charge < -0.3 is 11.2 Å². The maximum atomic E-state index is 12.5. The minimum atomic E-state index is -0.997. The molecule has 27 heavy (non-hydrogen) atoms. The second-order valence-corrected chi connectivity index (χ2v) is 5.84. The Balaban J connectivity index is 1.98. The van der Waals surface area contributed by atoms with Gasteiger partial charge in [-0.1, -0.05) is 11.6 Å². The van der Waals surface area contributed by atoms with Crippen LogP contribution in [0.15, 0.2) is 53.3 Å². The van der Waals surface area contributed by atoms with Gasteiger partial charge >= 0.3 is 11.6 Å². The second kappa shape index (κ2) is 7.22. The van der Waals surface area contributed by atoms with Crippen molar-refractivity contribution in [2.45, 2.75) is 0 Å². The summed E-state index contributed by atoms with van der Waals surface area (Å²) in [7, 11) is 0. The number of halogens is 1. The van der Waals surface area contributed by atoms with Crippen LogP contribution in [0.4, 0.5) is 21.9 Å². The summed E-state index contributed by atoms with van der Waals surface area (Å²) in [5, 5.41) is 13.9. The van der Waals surface area contributed by atoms with Gasteiger partial charge in [0.05, 0.1) is 16.3 Å². The highest BCUT2D eigenvalue weighted by molar-refractivity contribution is 6.30. The van der Waals surface area contributed by atoms with Gasteiger partial charge in [0.25, 0.3) is 5.69 Å². The van der Waals surface area contributed by atoms with Crippen LogP contribution in [0, 0.1) is 10.1 Å². The number of rotatable bonds is 5. The molecule has 3 aromatic rings. The first-order chi connectivity index (χ1) is 12.9. The minimum Gasteiger partial charge on any atom is -0.350 e. The molecule has 0 aliphatic rings. The fourth-order valence-corrected chi connectivity index (χ4v) is 2.46. The van der Waals surface area contributed by atoms with Gasteiger partial charge in [-0.3, -0.25) is 25.4 Å². The number of nitrogens with two attached hydrogens (primary N) is 1. The standard InChI is InChI=1S/C16H13ClN6O4/c17-10-3-5-11(6-4-10)19-20-14-13(21-22(15(14)24)16(18)25)9-1-7-12(8-2-9)23(26)27/h1-8,19-21H,(H2,18,25). The van der Waals surface area contributed by atoms with Crippen LogP contribution >= 0.6 is 11.6 Å². The van der Waals surface area contributed by atoms with Crippen molar-refractivity contribution >= 4 is 34.7 Å².